The number of rotatable bonds is 6. The molecule has 0 bridgehead atoms. The molecule has 8 nitrogen and oxygen atoms in total. The van der Waals surface area contributed by atoms with E-state index < -0.39 is 11.7 Å². The van der Waals surface area contributed by atoms with E-state index in [1.54, 1.807) is 41.4 Å². The second-order valence-electron chi connectivity index (χ2n) is 10.2. The number of nitrogens with zero attached hydrogens (tertiary/aromatic N) is 3. The highest BCUT2D eigenvalue weighted by Crippen LogP contribution is 2.27. The molecule has 0 spiro atoms. The third-order valence-corrected chi connectivity index (χ3v) is 6.25. The van der Waals surface area contributed by atoms with Crippen molar-refractivity contribution in [1.82, 2.24) is 14.9 Å². The number of aromatic nitrogens is 2. The second-order valence-corrected chi connectivity index (χ2v) is 10.6. The van der Waals surface area contributed by atoms with Gasteiger partial charge in [0.15, 0.2) is 0 Å². The van der Waals surface area contributed by atoms with Crippen LogP contribution in [0.1, 0.15) is 39.2 Å². The molecule has 0 aliphatic carbocycles. The summed E-state index contributed by atoms with van der Waals surface area (Å²) in [5.41, 5.74) is 1.53. The number of ether oxygens (including phenoxy) is 1. The van der Waals surface area contributed by atoms with Crippen LogP contribution in [0.3, 0.4) is 0 Å². The predicted molar refractivity (Wildman–Crippen MR) is 145 cm³/mol. The van der Waals surface area contributed by atoms with Crippen LogP contribution in [0.5, 0.6) is 0 Å². The molecule has 1 atom stereocenters. The lowest BCUT2D eigenvalue weighted by molar-refractivity contribution is -0.121. The highest BCUT2D eigenvalue weighted by atomic mass is 35.5. The number of hydrogen-bond acceptors (Lipinski definition) is 6. The third-order valence-electron chi connectivity index (χ3n) is 5.95. The van der Waals surface area contributed by atoms with Gasteiger partial charge in [-0.1, -0.05) is 23.7 Å². The summed E-state index contributed by atoms with van der Waals surface area (Å²) < 4.78 is 18.9. The van der Waals surface area contributed by atoms with Crippen LogP contribution in [-0.4, -0.2) is 45.6 Å². The molecule has 2 amide bonds. The number of benzene rings is 1. The number of carbonyl (C=O) groups is 2. The van der Waals surface area contributed by atoms with Crippen LogP contribution < -0.4 is 10.6 Å². The first kappa shape index (κ1) is 27.3. The highest BCUT2D eigenvalue weighted by molar-refractivity contribution is 6.33. The van der Waals surface area contributed by atoms with Gasteiger partial charge in [-0.25, -0.2) is 19.2 Å². The van der Waals surface area contributed by atoms with Crippen LogP contribution in [0.25, 0.3) is 11.3 Å². The summed E-state index contributed by atoms with van der Waals surface area (Å²) in [4.78, 5) is 35.9. The van der Waals surface area contributed by atoms with Gasteiger partial charge in [-0.3, -0.25) is 4.79 Å². The molecule has 1 aliphatic heterocycles. The molecular formula is C28H31ClFN5O3. The number of nitrogens with one attached hydrogen (secondary N) is 2. The van der Waals surface area contributed by atoms with Crippen molar-refractivity contribution in [3.05, 3.63) is 71.1 Å². The number of hydrogen-bond donors (Lipinski definition) is 2. The largest absolute Gasteiger partial charge is 0.444 e. The lowest BCUT2D eigenvalue weighted by Crippen LogP contribution is -2.45. The number of halogens is 2. The van der Waals surface area contributed by atoms with E-state index in [1.165, 1.54) is 12.1 Å². The summed E-state index contributed by atoms with van der Waals surface area (Å²) >= 11 is 6.33. The van der Waals surface area contributed by atoms with Crippen molar-refractivity contribution in [3.63, 3.8) is 0 Å². The fourth-order valence-electron chi connectivity index (χ4n) is 4.13. The minimum Gasteiger partial charge on any atom is -0.444 e. The number of anilines is 2. The van der Waals surface area contributed by atoms with Crippen molar-refractivity contribution in [2.75, 3.05) is 23.7 Å². The number of carbonyl (C=O) groups excluding carboxylic acids is 2. The Morgan fingerprint density at radius 1 is 1.18 bits per heavy atom. The molecule has 3 heterocycles. The van der Waals surface area contributed by atoms with Crippen LogP contribution in [0.4, 0.5) is 20.8 Å². The molecule has 1 aromatic carbocycles. The molecule has 4 rings (SSSR count). The van der Waals surface area contributed by atoms with E-state index in [2.05, 4.69) is 20.6 Å². The number of pyridine rings is 2. The predicted octanol–water partition coefficient (Wildman–Crippen LogP) is 6.13. The molecule has 1 aliphatic rings. The SMILES string of the molecule is CC(C)(C)OC(=O)N1CCC[C@H](C(=O)Nc2cc(-c3ccc(Cl)c(NCc4cccc(F)c4)n3)ccn2)C1. The molecule has 1 saturated heterocycles. The average molecular weight is 540 g/mol. The van der Waals surface area contributed by atoms with Crippen molar-refractivity contribution >= 4 is 35.2 Å². The Kier molecular flexibility index (Phi) is 8.46. The molecule has 3 aromatic rings. The van der Waals surface area contributed by atoms with Crippen molar-refractivity contribution in [2.45, 2.75) is 45.8 Å². The van der Waals surface area contributed by atoms with E-state index in [-0.39, 0.29) is 17.6 Å². The Hall–Kier alpha value is -3.72. The topological polar surface area (TPSA) is 96.5 Å². The zero-order chi connectivity index (χ0) is 27.3. The van der Waals surface area contributed by atoms with Crippen molar-refractivity contribution in [3.8, 4) is 11.3 Å². The molecular weight excluding hydrogens is 509 g/mol. The molecule has 0 unspecified atom stereocenters. The van der Waals surface area contributed by atoms with Crippen LogP contribution >= 0.6 is 11.6 Å². The van der Waals surface area contributed by atoms with Crippen LogP contribution in [0.15, 0.2) is 54.7 Å². The van der Waals surface area contributed by atoms with Gasteiger partial charge in [0.05, 0.1) is 16.6 Å². The van der Waals surface area contributed by atoms with Gasteiger partial charge in [0, 0.05) is 31.4 Å². The van der Waals surface area contributed by atoms with Crippen molar-refractivity contribution in [2.24, 2.45) is 5.92 Å². The van der Waals surface area contributed by atoms with Crippen LogP contribution in [0, 0.1) is 11.7 Å². The van der Waals surface area contributed by atoms with E-state index in [9.17, 15) is 14.0 Å². The van der Waals surface area contributed by atoms with E-state index in [0.29, 0.717) is 54.8 Å². The Bertz CT molecular complexity index is 1310. The Morgan fingerprint density at radius 2 is 2.00 bits per heavy atom. The maximum absolute atomic E-state index is 13.5. The summed E-state index contributed by atoms with van der Waals surface area (Å²) in [5, 5.41) is 6.45. The second kappa shape index (κ2) is 11.8. The standard InChI is InChI=1S/C28H31ClFN5O3/c1-28(2,3)38-27(37)35-13-5-7-20(17-35)26(36)34-24-15-19(11-12-31-24)23-10-9-22(29)25(33-23)32-16-18-6-4-8-21(30)14-18/h4,6,8-12,14-15,20H,5,7,13,16-17H2,1-3H3,(H,32,33)(H,31,34,36)/t20-/m0/s1. The van der Waals surface area contributed by atoms with Gasteiger partial charge in [0.25, 0.3) is 0 Å². The Morgan fingerprint density at radius 3 is 2.76 bits per heavy atom. The molecule has 2 aromatic heterocycles. The van der Waals surface area contributed by atoms with Crippen LogP contribution in [0.2, 0.25) is 5.02 Å². The van der Waals surface area contributed by atoms with Gasteiger partial charge in [-0.05, 0) is 75.6 Å². The van der Waals surface area contributed by atoms with Gasteiger partial charge in [0.1, 0.15) is 23.1 Å². The van der Waals surface area contributed by atoms with Gasteiger partial charge >= 0.3 is 6.09 Å². The highest BCUT2D eigenvalue weighted by Gasteiger charge is 2.31. The number of likely N-dealkylation sites (tertiary alicyclic amines) is 1. The maximum atomic E-state index is 13.5. The van der Waals surface area contributed by atoms with Gasteiger partial charge < -0.3 is 20.3 Å². The molecule has 38 heavy (non-hydrogen) atoms. The van der Waals surface area contributed by atoms with Gasteiger partial charge in [0.2, 0.25) is 5.91 Å². The summed E-state index contributed by atoms with van der Waals surface area (Å²) in [6.07, 6.45) is 2.56. The Balaban J connectivity index is 1.42. The Labute approximate surface area is 226 Å². The fraction of sp³-hybridized carbons (Fsp3) is 0.357. The molecule has 0 radical (unpaired) electrons. The van der Waals surface area contributed by atoms with Crippen molar-refractivity contribution in [1.29, 1.82) is 0 Å². The van der Waals surface area contributed by atoms with Crippen LogP contribution in [-0.2, 0) is 16.1 Å². The van der Waals surface area contributed by atoms with Crippen molar-refractivity contribution < 1.29 is 18.7 Å². The average Bonchev–Trinajstić information content (AvgIpc) is 2.87. The summed E-state index contributed by atoms with van der Waals surface area (Å²) in [7, 11) is 0. The minimum absolute atomic E-state index is 0.204. The maximum Gasteiger partial charge on any atom is 0.410 e. The summed E-state index contributed by atoms with van der Waals surface area (Å²) in [6.45, 7) is 6.65. The van der Waals surface area contributed by atoms with Gasteiger partial charge in [-0.2, -0.15) is 0 Å². The number of piperidine rings is 1. The summed E-state index contributed by atoms with van der Waals surface area (Å²) in [5.74, 6) is -0.0409. The molecule has 1 fully saturated rings. The fourth-order valence-corrected chi connectivity index (χ4v) is 4.30. The minimum atomic E-state index is -0.596. The van der Waals surface area contributed by atoms with E-state index in [1.807, 2.05) is 26.8 Å². The lowest BCUT2D eigenvalue weighted by atomic mass is 9.97. The molecule has 2 N–H and O–H groups in total. The quantitative estimate of drug-likeness (QED) is 0.391. The first-order valence-corrected chi connectivity index (χ1v) is 12.9. The molecule has 10 heteroatoms. The van der Waals surface area contributed by atoms with Gasteiger partial charge in [-0.15, -0.1) is 0 Å². The molecule has 200 valence electrons. The van der Waals surface area contributed by atoms with E-state index >= 15 is 0 Å². The normalized spacial score (nSPS) is 15.6. The first-order valence-electron chi connectivity index (χ1n) is 12.5. The first-order chi connectivity index (χ1) is 18.1. The monoisotopic (exact) mass is 539 g/mol. The smallest absolute Gasteiger partial charge is 0.410 e. The summed E-state index contributed by atoms with van der Waals surface area (Å²) in [6, 6.07) is 13.3. The zero-order valence-electron chi connectivity index (χ0n) is 21.6. The zero-order valence-corrected chi connectivity index (χ0v) is 22.4. The van der Waals surface area contributed by atoms with E-state index in [4.69, 9.17) is 16.3 Å². The molecule has 0 saturated carbocycles. The third kappa shape index (κ3) is 7.41. The van der Waals surface area contributed by atoms with E-state index in [0.717, 1.165) is 11.1 Å². The number of amides is 2. The lowest BCUT2D eigenvalue weighted by Gasteiger charge is -2.33.